The van der Waals surface area contributed by atoms with Gasteiger partial charge in [-0.25, -0.2) is 4.98 Å². The molecule has 0 atom stereocenters. The third-order valence-corrected chi connectivity index (χ3v) is 4.71. The smallest absolute Gasteiger partial charge is 0.253 e. The van der Waals surface area contributed by atoms with Gasteiger partial charge in [-0.2, -0.15) is 0 Å². The second-order valence-electron chi connectivity index (χ2n) is 5.04. The maximum Gasteiger partial charge on any atom is 0.253 e. The van der Waals surface area contributed by atoms with Crippen LogP contribution in [0.25, 0.3) is 21.1 Å². The van der Waals surface area contributed by atoms with E-state index in [0.717, 1.165) is 16.6 Å². The molecule has 1 amide bonds. The molecule has 0 bridgehead atoms. The van der Waals surface area contributed by atoms with Crippen molar-refractivity contribution in [2.45, 2.75) is 6.54 Å². The highest BCUT2D eigenvalue weighted by Crippen LogP contribution is 2.25. The van der Waals surface area contributed by atoms with Gasteiger partial charge in [-0.3, -0.25) is 4.79 Å². The van der Waals surface area contributed by atoms with Crippen LogP contribution in [0.5, 0.6) is 0 Å². The molecule has 1 aromatic carbocycles. The van der Waals surface area contributed by atoms with E-state index in [2.05, 4.69) is 32.8 Å². The highest BCUT2D eigenvalue weighted by molar-refractivity contribution is 7.17. The van der Waals surface area contributed by atoms with Crippen LogP contribution < -0.4 is 5.32 Å². The van der Waals surface area contributed by atoms with E-state index in [1.54, 1.807) is 23.7 Å². The first-order chi connectivity index (χ1) is 10.8. The number of nitrogens with one attached hydrogen (secondary N) is 2. The molecule has 0 fully saturated rings. The molecular weight excluding hydrogens is 294 g/mol. The Bertz CT molecular complexity index is 970. The molecule has 0 aliphatic carbocycles. The SMILES string of the molecule is O=C(NCc1csc2ccccc12)c1c[nH]c2ncccc12. The van der Waals surface area contributed by atoms with Crippen molar-refractivity contribution >= 4 is 38.4 Å². The molecule has 0 saturated carbocycles. The van der Waals surface area contributed by atoms with Gasteiger partial charge in [0.1, 0.15) is 5.65 Å². The molecule has 108 valence electrons. The van der Waals surface area contributed by atoms with Gasteiger partial charge in [0.15, 0.2) is 0 Å². The van der Waals surface area contributed by atoms with E-state index in [-0.39, 0.29) is 5.91 Å². The number of pyridine rings is 1. The largest absolute Gasteiger partial charge is 0.348 e. The number of rotatable bonds is 3. The molecule has 0 spiro atoms. The summed E-state index contributed by atoms with van der Waals surface area (Å²) >= 11 is 1.70. The Balaban J connectivity index is 1.57. The van der Waals surface area contributed by atoms with Gasteiger partial charge in [0.05, 0.1) is 5.56 Å². The van der Waals surface area contributed by atoms with Crippen LogP contribution in [-0.2, 0) is 6.54 Å². The zero-order chi connectivity index (χ0) is 14.9. The van der Waals surface area contributed by atoms with Crippen LogP contribution in [0.15, 0.2) is 54.2 Å². The van der Waals surface area contributed by atoms with E-state index in [4.69, 9.17) is 0 Å². The van der Waals surface area contributed by atoms with Crippen molar-refractivity contribution in [2.75, 3.05) is 0 Å². The molecule has 2 N–H and O–H groups in total. The van der Waals surface area contributed by atoms with Gasteiger partial charge in [-0.05, 0) is 34.5 Å². The van der Waals surface area contributed by atoms with Crippen molar-refractivity contribution in [3.63, 3.8) is 0 Å². The number of carbonyl (C=O) groups is 1. The topological polar surface area (TPSA) is 57.8 Å². The van der Waals surface area contributed by atoms with E-state index in [1.807, 2.05) is 24.3 Å². The highest BCUT2D eigenvalue weighted by Gasteiger charge is 2.12. The average molecular weight is 307 g/mol. The zero-order valence-electron chi connectivity index (χ0n) is 11.7. The summed E-state index contributed by atoms with van der Waals surface area (Å²) in [5, 5.41) is 7.14. The number of aromatic nitrogens is 2. The summed E-state index contributed by atoms with van der Waals surface area (Å²) in [5.41, 5.74) is 2.50. The predicted molar refractivity (Wildman–Crippen MR) is 89.1 cm³/mol. The molecule has 0 aliphatic heterocycles. The summed E-state index contributed by atoms with van der Waals surface area (Å²) in [4.78, 5) is 19.6. The summed E-state index contributed by atoms with van der Waals surface area (Å²) in [6.07, 6.45) is 3.41. The van der Waals surface area contributed by atoms with E-state index in [0.29, 0.717) is 12.1 Å². The molecular formula is C17H13N3OS. The number of aromatic amines is 1. The fourth-order valence-electron chi connectivity index (χ4n) is 2.58. The molecule has 4 aromatic rings. The predicted octanol–water partition coefficient (Wildman–Crippen LogP) is 3.71. The molecule has 0 aliphatic rings. The summed E-state index contributed by atoms with van der Waals surface area (Å²) in [6, 6.07) is 12.0. The lowest BCUT2D eigenvalue weighted by atomic mass is 10.1. The summed E-state index contributed by atoms with van der Waals surface area (Å²) in [5.74, 6) is -0.0884. The van der Waals surface area contributed by atoms with Crippen molar-refractivity contribution < 1.29 is 4.79 Å². The van der Waals surface area contributed by atoms with Crippen molar-refractivity contribution in [3.05, 3.63) is 65.3 Å². The van der Waals surface area contributed by atoms with E-state index in [9.17, 15) is 4.79 Å². The molecule has 3 aromatic heterocycles. The monoisotopic (exact) mass is 307 g/mol. The van der Waals surface area contributed by atoms with Gasteiger partial charge < -0.3 is 10.3 Å². The van der Waals surface area contributed by atoms with Crippen LogP contribution in [0.1, 0.15) is 15.9 Å². The third kappa shape index (κ3) is 2.16. The summed E-state index contributed by atoms with van der Waals surface area (Å²) in [6.45, 7) is 0.524. The molecule has 22 heavy (non-hydrogen) atoms. The minimum Gasteiger partial charge on any atom is -0.348 e. The first kappa shape index (κ1) is 13.0. The number of thiophene rings is 1. The fourth-order valence-corrected chi connectivity index (χ4v) is 3.55. The fraction of sp³-hybridized carbons (Fsp3) is 0.0588. The van der Waals surface area contributed by atoms with Crippen molar-refractivity contribution in [1.82, 2.24) is 15.3 Å². The van der Waals surface area contributed by atoms with E-state index < -0.39 is 0 Å². The standard InChI is InChI=1S/C17H13N3OS/c21-17(14-9-19-16-13(14)5-3-7-18-16)20-8-11-10-22-15-6-2-1-4-12(11)15/h1-7,9-10H,8H2,(H,18,19)(H,20,21). The molecule has 0 radical (unpaired) electrons. The van der Waals surface area contributed by atoms with Crippen molar-refractivity contribution in [1.29, 1.82) is 0 Å². The first-order valence-electron chi connectivity index (χ1n) is 6.98. The second-order valence-corrected chi connectivity index (χ2v) is 5.95. The van der Waals surface area contributed by atoms with Crippen molar-refractivity contribution in [3.8, 4) is 0 Å². The molecule has 0 saturated heterocycles. The number of amides is 1. The molecule has 5 heteroatoms. The Kier molecular flexibility index (Phi) is 3.12. The van der Waals surface area contributed by atoms with Crippen molar-refractivity contribution in [2.24, 2.45) is 0 Å². The lowest BCUT2D eigenvalue weighted by Gasteiger charge is -2.03. The Labute approximate surface area is 130 Å². The summed E-state index contributed by atoms with van der Waals surface area (Å²) in [7, 11) is 0. The summed E-state index contributed by atoms with van der Waals surface area (Å²) < 4.78 is 1.24. The van der Waals surface area contributed by atoms with E-state index >= 15 is 0 Å². The third-order valence-electron chi connectivity index (χ3n) is 3.70. The lowest BCUT2D eigenvalue weighted by Crippen LogP contribution is -2.22. The van der Waals surface area contributed by atoms with Crippen LogP contribution in [-0.4, -0.2) is 15.9 Å². The van der Waals surface area contributed by atoms with Gasteiger partial charge >= 0.3 is 0 Å². The quantitative estimate of drug-likeness (QED) is 0.606. The minimum atomic E-state index is -0.0884. The van der Waals surface area contributed by atoms with Gasteiger partial charge in [0.2, 0.25) is 0 Å². The van der Waals surface area contributed by atoms with Crippen LogP contribution in [0.4, 0.5) is 0 Å². The maximum absolute atomic E-state index is 12.4. The highest BCUT2D eigenvalue weighted by atomic mass is 32.1. The molecule has 4 rings (SSSR count). The van der Waals surface area contributed by atoms with Crippen LogP contribution in [0, 0.1) is 0 Å². The number of hydrogen-bond acceptors (Lipinski definition) is 3. The van der Waals surface area contributed by atoms with Crippen LogP contribution >= 0.6 is 11.3 Å². The number of nitrogens with zero attached hydrogens (tertiary/aromatic N) is 1. The number of benzene rings is 1. The van der Waals surface area contributed by atoms with Gasteiger partial charge in [0.25, 0.3) is 5.91 Å². The number of carbonyl (C=O) groups excluding carboxylic acids is 1. The van der Waals surface area contributed by atoms with Gasteiger partial charge in [0, 0.05) is 29.0 Å². The zero-order valence-corrected chi connectivity index (χ0v) is 12.5. The number of fused-ring (bicyclic) bond motifs is 2. The molecule has 3 heterocycles. The Morgan fingerprint density at radius 3 is 3.00 bits per heavy atom. The number of hydrogen-bond donors (Lipinski definition) is 2. The van der Waals surface area contributed by atoms with E-state index in [1.165, 1.54) is 10.1 Å². The Morgan fingerprint density at radius 2 is 2.05 bits per heavy atom. The average Bonchev–Trinajstić information content (AvgIpc) is 3.17. The maximum atomic E-state index is 12.4. The minimum absolute atomic E-state index is 0.0884. The second kappa shape index (κ2) is 5.27. The van der Waals surface area contributed by atoms with Crippen LogP contribution in [0.3, 0.4) is 0 Å². The lowest BCUT2D eigenvalue weighted by molar-refractivity contribution is 0.0953. The Morgan fingerprint density at radius 1 is 1.18 bits per heavy atom. The van der Waals surface area contributed by atoms with Gasteiger partial charge in [-0.15, -0.1) is 11.3 Å². The van der Waals surface area contributed by atoms with Crippen LogP contribution in [0.2, 0.25) is 0 Å². The van der Waals surface area contributed by atoms with Gasteiger partial charge in [-0.1, -0.05) is 18.2 Å². The molecule has 4 nitrogen and oxygen atoms in total. The first-order valence-corrected chi connectivity index (χ1v) is 7.86. The molecule has 0 unspecified atom stereocenters. The Hall–Kier alpha value is -2.66. The number of H-pyrrole nitrogens is 1. The normalized spacial score (nSPS) is 11.1.